The summed E-state index contributed by atoms with van der Waals surface area (Å²) in [4.78, 5) is 22.4. The molecule has 1 fully saturated rings. The molecular formula is C21H18Cl2N4O4S. The molecule has 3 aromatic rings. The number of hydrogen-bond donors (Lipinski definition) is 1. The van der Waals surface area contributed by atoms with Gasteiger partial charge in [0, 0.05) is 46.9 Å². The molecule has 11 heteroatoms. The van der Waals surface area contributed by atoms with E-state index < -0.39 is 10.0 Å². The van der Waals surface area contributed by atoms with Gasteiger partial charge in [-0.1, -0.05) is 17.7 Å². The molecule has 2 N–H and O–H groups in total. The van der Waals surface area contributed by atoms with Crippen LogP contribution < -0.4 is 14.8 Å². The Kier molecular flexibility index (Phi) is 6.09. The van der Waals surface area contributed by atoms with E-state index in [0.717, 1.165) is 5.56 Å². The second-order valence-electron chi connectivity index (χ2n) is 7.36. The fourth-order valence-electron chi connectivity index (χ4n) is 3.53. The maximum Gasteiger partial charge on any atom is 0.238 e. The fourth-order valence-corrected chi connectivity index (χ4v) is 4.33. The van der Waals surface area contributed by atoms with Crippen LogP contribution in [0.15, 0.2) is 53.6 Å². The highest BCUT2D eigenvalue weighted by Gasteiger charge is 2.33. The molecule has 0 aliphatic carbocycles. The number of sulfonamides is 1. The molecule has 1 atom stereocenters. The Bertz CT molecular complexity index is 1300. The van der Waals surface area contributed by atoms with Crippen LogP contribution in [0.2, 0.25) is 10.3 Å². The maximum atomic E-state index is 12.8. The Morgan fingerprint density at radius 3 is 2.56 bits per heavy atom. The Morgan fingerprint density at radius 1 is 1.16 bits per heavy atom. The van der Waals surface area contributed by atoms with E-state index >= 15 is 0 Å². The van der Waals surface area contributed by atoms with Gasteiger partial charge in [-0.05, 0) is 54.9 Å². The van der Waals surface area contributed by atoms with Crippen molar-refractivity contribution < 1.29 is 17.9 Å². The zero-order valence-corrected chi connectivity index (χ0v) is 19.2. The van der Waals surface area contributed by atoms with Gasteiger partial charge in [0.1, 0.15) is 5.75 Å². The van der Waals surface area contributed by atoms with Crippen molar-refractivity contribution in [2.24, 2.45) is 5.14 Å². The van der Waals surface area contributed by atoms with Gasteiger partial charge in [-0.15, -0.1) is 0 Å². The first-order chi connectivity index (χ1) is 15.1. The molecule has 0 unspecified atom stereocenters. The van der Waals surface area contributed by atoms with E-state index in [9.17, 15) is 13.2 Å². The number of hydrogen-bond acceptors (Lipinski definition) is 6. The topological polar surface area (TPSA) is 115 Å². The summed E-state index contributed by atoms with van der Waals surface area (Å²) in [6.45, 7) is 2.18. The van der Waals surface area contributed by atoms with Gasteiger partial charge < -0.3 is 9.64 Å². The summed E-state index contributed by atoms with van der Waals surface area (Å²) in [5, 5.41) is 5.68. The first-order valence-electron chi connectivity index (χ1n) is 9.51. The maximum absolute atomic E-state index is 12.8. The van der Waals surface area contributed by atoms with Crippen molar-refractivity contribution in [3.05, 3.63) is 70.1 Å². The molecule has 2 heterocycles. The lowest BCUT2D eigenvalue weighted by atomic mass is 9.97. The van der Waals surface area contributed by atoms with Crippen molar-refractivity contribution in [3.63, 3.8) is 0 Å². The largest absolute Gasteiger partial charge is 0.438 e. The van der Waals surface area contributed by atoms with Crippen LogP contribution >= 0.6 is 23.2 Å². The molecular weight excluding hydrogens is 475 g/mol. The molecule has 166 valence electrons. The lowest BCUT2D eigenvalue weighted by Gasteiger charge is -2.19. The second-order valence-corrected chi connectivity index (χ2v) is 9.69. The average molecular weight is 493 g/mol. The van der Waals surface area contributed by atoms with E-state index in [4.69, 9.17) is 33.1 Å². The minimum absolute atomic E-state index is 0.0169. The number of ether oxygens (including phenoxy) is 1. The van der Waals surface area contributed by atoms with Gasteiger partial charge in [0.15, 0.2) is 0 Å². The lowest BCUT2D eigenvalue weighted by molar-refractivity contribution is -0.117. The van der Waals surface area contributed by atoms with Crippen molar-refractivity contribution in [3.8, 4) is 11.6 Å². The highest BCUT2D eigenvalue weighted by molar-refractivity contribution is 7.89. The third-order valence-electron chi connectivity index (χ3n) is 5.12. The monoisotopic (exact) mass is 492 g/mol. The molecule has 1 aliphatic heterocycles. The molecule has 32 heavy (non-hydrogen) atoms. The van der Waals surface area contributed by atoms with Gasteiger partial charge in [-0.2, -0.15) is 4.98 Å². The van der Waals surface area contributed by atoms with Crippen LogP contribution in [-0.4, -0.2) is 30.8 Å². The molecule has 1 aliphatic rings. The van der Waals surface area contributed by atoms with Crippen molar-refractivity contribution in [1.82, 2.24) is 9.97 Å². The number of nitrogens with zero attached hydrogens (tertiary/aromatic N) is 3. The van der Waals surface area contributed by atoms with Gasteiger partial charge in [0.05, 0.1) is 4.90 Å². The molecule has 2 aromatic carbocycles. The van der Waals surface area contributed by atoms with Crippen LogP contribution in [-0.2, 0) is 14.8 Å². The minimum Gasteiger partial charge on any atom is -0.438 e. The van der Waals surface area contributed by atoms with Crippen molar-refractivity contribution in [2.75, 3.05) is 11.4 Å². The first-order valence-corrected chi connectivity index (χ1v) is 11.8. The second kappa shape index (κ2) is 8.67. The van der Waals surface area contributed by atoms with Gasteiger partial charge >= 0.3 is 0 Å². The van der Waals surface area contributed by atoms with Crippen molar-refractivity contribution in [1.29, 1.82) is 0 Å². The number of primary sulfonamides is 1. The van der Waals surface area contributed by atoms with Crippen LogP contribution in [0, 0.1) is 6.92 Å². The number of aromatic nitrogens is 2. The summed E-state index contributed by atoms with van der Waals surface area (Å²) in [6, 6.07) is 11.1. The van der Waals surface area contributed by atoms with E-state index in [2.05, 4.69) is 9.97 Å². The van der Waals surface area contributed by atoms with Gasteiger partial charge in [-0.3, -0.25) is 4.79 Å². The summed E-state index contributed by atoms with van der Waals surface area (Å²) >= 11 is 12.1. The molecule has 8 nitrogen and oxygen atoms in total. The third-order valence-corrected chi connectivity index (χ3v) is 6.47. The summed E-state index contributed by atoms with van der Waals surface area (Å²) in [5.74, 6) is 0.499. The Balaban J connectivity index is 1.62. The lowest BCUT2D eigenvalue weighted by Crippen LogP contribution is -2.24. The quantitative estimate of drug-likeness (QED) is 0.537. The van der Waals surface area contributed by atoms with Gasteiger partial charge in [0.2, 0.25) is 27.1 Å². The molecule has 0 spiro atoms. The standard InChI is InChI=1S/C21H18Cl2N4O4S/c1-12-10-25-21(23)26-20(12)31-18-9-14(22)2-7-17(18)13-8-19(28)27(11-13)15-3-5-16(6-4-15)32(24,29)30/h2-7,9-10,13H,8,11H2,1H3,(H2,24,29,30)/t13-/m0/s1. The summed E-state index contributed by atoms with van der Waals surface area (Å²) in [5.41, 5.74) is 2.07. The predicted octanol–water partition coefficient (Wildman–Crippen LogP) is 4.05. The van der Waals surface area contributed by atoms with E-state index in [0.29, 0.717) is 34.4 Å². The van der Waals surface area contributed by atoms with E-state index in [1.54, 1.807) is 42.3 Å². The number of carbonyl (C=O) groups is 1. The minimum atomic E-state index is -3.81. The van der Waals surface area contributed by atoms with Crippen LogP contribution in [0.5, 0.6) is 11.6 Å². The van der Waals surface area contributed by atoms with Gasteiger partial charge in [-0.25, -0.2) is 18.5 Å². The highest BCUT2D eigenvalue weighted by atomic mass is 35.5. The Morgan fingerprint density at radius 2 is 1.88 bits per heavy atom. The third kappa shape index (κ3) is 4.71. The number of anilines is 1. The summed E-state index contributed by atoms with van der Waals surface area (Å²) in [6.07, 6.45) is 1.80. The zero-order valence-electron chi connectivity index (χ0n) is 16.8. The molecule has 1 aromatic heterocycles. The average Bonchev–Trinajstić information content (AvgIpc) is 3.11. The number of aryl methyl sites for hydroxylation is 1. The molecule has 1 amide bonds. The number of benzene rings is 2. The highest BCUT2D eigenvalue weighted by Crippen LogP contribution is 2.39. The molecule has 1 saturated heterocycles. The first kappa shape index (κ1) is 22.5. The van der Waals surface area contributed by atoms with E-state index in [1.165, 1.54) is 12.1 Å². The Labute approximate surface area is 195 Å². The van der Waals surface area contributed by atoms with Gasteiger partial charge in [0.25, 0.3) is 0 Å². The van der Waals surface area contributed by atoms with Crippen LogP contribution in [0.3, 0.4) is 0 Å². The number of nitrogens with two attached hydrogens (primary N) is 1. The Hall–Kier alpha value is -2.72. The zero-order chi connectivity index (χ0) is 23.0. The predicted molar refractivity (Wildman–Crippen MR) is 121 cm³/mol. The number of rotatable bonds is 5. The van der Waals surface area contributed by atoms with E-state index in [-0.39, 0.29) is 28.4 Å². The molecule has 0 saturated carbocycles. The number of amides is 1. The van der Waals surface area contributed by atoms with Crippen molar-refractivity contribution in [2.45, 2.75) is 24.2 Å². The summed E-state index contributed by atoms with van der Waals surface area (Å²) < 4.78 is 29.0. The SMILES string of the molecule is Cc1cnc(Cl)nc1Oc1cc(Cl)ccc1[C@H]1CC(=O)N(c2ccc(S(N)(=O)=O)cc2)C1. The number of halogens is 2. The molecule has 0 bridgehead atoms. The van der Waals surface area contributed by atoms with Crippen LogP contribution in [0.1, 0.15) is 23.5 Å². The van der Waals surface area contributed by atoms with Crippen LogP contribution in [0.4, 0.5) is 5.69 Å². The number of carbonyl (C=O) groups excluding carboxylic acids is 1. The smallest absolute Gasteiger partial charge is 0.238 e. The molecule has 0 radical (unpaired) electrons. The molecule has 4 rings (SSSR count). The fraction of sp³-hybridized carbons (Fsp3) is 0.190. The van der Waals surface area contributed by atoms with E-state index in [1.807, 2.05) is 6.07 Å². The normalized spacial score (nSPS) is 16.4. The van der Waals surface area contributed by atoms with Crippen LogP contribution in [0.25, 0.3) is 0 Å². The van der Waals surface area contributed by atoms with Crippen molar-refractivity contribution >= 4 is 44.8 Å². The summed E-state index contributed by atoms with van der Waals surface area (Å²) in [7, 11) is -3.81.